The van der Waals surface area contributed by atoms with Crippen molar-refractivity contribution < 1.29 is 14.3 Å². The number of nitrogens with zero attached hydrogens (tertiary/aromatic N) is 2. The third kappa shape index (κ3) is 5.74. The lowest BCUT2D eigenvalue weighted by atomic mass is 9.84. The summed E-state index contributed by atoms with van der Waals surface area (Å²) in [7, 11) is 1.64. The zero-order valence-corrected chi connectivity index (χ0v) is 20.9. The number of carbonyl (C=O) groups excluding carboxylic acids is 2. The minimum absolute atomic E-state index is 0.0216. The van der Waals surface area contributed by atoms with E-state index in [1.54, 1.807) is 7.11 Å². The molecule has 2 N–H and O–H groups in total. The smallest absolute Gasteiger partial charge is 0.270 e. The van der Waals surface area contributed by atoms with Crippen LogP contribution in [0.4, 0.5) is 0 Å². The molecule has 2 aliphatic heterocycles. The second kappa shape index (κ2) is 11.3. The van der Waals surface area contributed by atoms with Gasteiger partial charge in [-0.2, -0.15) is 0 Å². The number of nitrogens with one attached hydrogen (secondary N) is 2. The summed E-state index contributed by atoms with van der Waals surface area (Å²) in [6.45, 7) is 8.72. The van der Waals surface area contributed by atoms with Crippen LogP contribution in [0.15, 0.2) is 24.3 Å². The van der Waals surface area contributed by atoms with E-state index in [4.69, 9.17) is 4.74 Å². The number of hydrogen-bond acceptors (Lipinski definition) is 4. The van der Waals surface area contributed by atoms with Gasteiger partial charge < -0.3 is 24.8 Å². The highest BCUT2D eigenvalue weighted by Crippen LogP contribution is 2.27. The Morgan fingerprint density at radius 2 is 1.94 bits per heavy atom. The fourth-order valence-corrected chi connectivity index (χ4v) is 5.48. The second-order valence-corrected chi connectivity index (χ2v) is 10.1. The predicted molar refractivity (Wildman–Crippen MR) is 135 cm³/mol. The molecule has 2 saturated heterocycles. The number of rotatable bonds is 8. The molecule has 1 aromatic heterocycles. The van der Waals surface area contributed by atoms with Gasteiger partial charge in [-0.3, -0.25) is 9.59 Å². The third-order valence-corrected chi connectivity index (χ3v) is 7.87. The van der Waals surface area contributed by atoms with Crippen LogP contribution in [0, 0.1) is 11.8 Å². The van der Waals surface area contributed by atoms with E-state index in [1.165, 1.54) is 25.8 Å². The minimum Gasteiger partial charge on any atom is -0.497 e. The average Bonchev–Trinajstić information content (AvgIpc) is 3.30. The lowest BCUT2D eigenvalue weighted by Crippen LogP contribution is -2.43. The van der Waals surface area contributed by atoms with Gasteiger partial charge in [-0.25, -0.2) is 0 Å². The van der Waals surface area contributed by atoms with Gasteiger partial charge in [0.2, 0.25) is 5.91 Å². The standard InChI is InChI=1S/C27H40N4O3/c1-19-7-4-5-13-30(19)14-6-12-28-26(32)20(2)21-10-15-31(16-11-21)27(33)25-17-22-8-9-23(34-3)18-24(22)29-25/h8-9,17-21,29H,4-7,10-16H2,1-3H3,(H,28,32)/t19-,20-/m1/s1. The van der Waals surface area contributed by atoms with E-state index in [2.05, 4.69) is 22.1 Å². The summed E-state index contributed by atoms with van der Waals surface area (Å²) >= 11 is 0. The van der Waals surface area contributed by atoms with Crippen LogP contribution in [0.25, 0.3) is 10.9 Å². The van der Waals surface area contributed by atoms with Gasteiger partial charge in [0.1, 0.15) is 11.4 Å². The van der Waals surface area contributed by atoms with Gasteiger partial charge in [0.05, 0.1) is 7.11 Å². The monoisotopic (exact) mass is 468 g/mol. The van der Waals surface area contributed by atoms with E-state index >= 15 is 0 Å². The summed E-state index contributed by atoms with van der Waals surface area (Å²) in [5.74, 6) is 1.24. The van der Waals surface area contributed by atoms with Crippen molar-refractivity contribution in [2.45, 2.75) is 58.4 Å². The van der Waals surface area contributed by atoms with Crippen molar-refractivity contribution >= 4 is 22.7 Å². The number of hydrogen-bond donors (Lipinski definition) is 2. The first kappa shape index (κ1) is 24.6. The number of carbonyl (C=O) groups is 2. The van der Waals surface area contributed by atoms with Gasteiger partial charge in [-0.05, 0) is 69.7 Å². The molecule has 2 amide bonds. The Balaban J connectivity index is 1.21. The van der Waals surface area contributed by atoms with Crippen LogP contribution in [0.1, 0.15) is 62.9 Å². The van der Waals surface area contributed by atoms with Crippen LogP contribution >= 0.6 is 0 Å². The molecule has 0 unspecified atom stereocenters. The molecule has 2 aromatic rings. The van der Waals surface area contributed by atoms with E-state index in [-0.39, 0.29) is 17.7 Å². The van der Waals surface area contributed by atoms with Gasteiger partial charge in [0.25, 0.3) is 5.91 Å². The maximum absolute atomic E-state index is 13.0. The molecule has 1 aromatic carbocycles. The highest BCUT2D eigenvalue weighted by atomic mass is 16.5. The fraction of sp³-hybridized carbons (Fsp3) is 0.630. The number of aromatic amines is 1. The molecule has 2 aliphatic rings. The maximum atomic E-state index is 13.0. The highest BCUT2D eigenvalue weighted by molar-refractivity contribution is 5.98. The van der Waals surface area contributed by atoms with Crippen molar-refractivity contribution in [3.8, 4) is 5.75 Å². The molecule has 186 valence electrons. The normalized spacial score (nSPS) is 20.9. The van der Waals surface area contributed by atoms with Gasteiger partial charge in [0, 0.05) is 55.1 Å². The molecule has 7 nitrogen and oxygen atoms in total. The molecule has 0 saturated carbocycles. The molecule has 2 fully saturated rings. The van der Waals surface area contributed by atoms with Gasteiger partial charge in [-0.15, -0.1) is 0 Å². The largest absolute Gasteiger partial charge is 0.497 e. The summed E-state index contributed by atoms with van der Waals surface area (Å²) in [5.41, 5.74) is 1.51. The molecule has 4 rings (SSSR count). The summed E-state index contributed by atoms with van der Waals surface area (Å²) in [6.07, 6.45) is 6.66. The number of H-pyrrole nitrogens is 1. The Kier molecular flexibility index (Phi) is 8.14. The Bertz CT molecular complexity index is 979. The minimum atomic E-state index is -0.0216. The Morgan fingerprint density at radius 3 is 2.68 bits per heavy atom. The first-order valence-corrected chi connectivity index (χ1v) is 12.9. The summed E-state index contributed by atoms with van der Waals surface area (Å²) < 4.78 is 5.27. The molecule has 7 heteroatoms. The number of likely N-dealkylation sites (tertiary alicyclic amines) is 2. The van der Waals surface area contributed by atoms with Crippen molar-refractivity contribution in [3.63, 3.8) is 0 Å². The van der Waals surface area contributed by atoms with Crippen molar-refractivity contribution in [1.29, 1.82) is 0 Å². The average molecular weight is 469 g/mol. The van der Waals surface area contributed by atoms with Gasteiger partial charge in [-0.1, -0.05) is 13.3 Å². The van der Waals surface area contributed by atoms with E-state index in [0.29, 0.717) is 30.7 Å². The topological polar surface area (TPSA) is 77.7 Å². The van der Waals surface area contributed by atoms with Crippen LogP contribution in [-0.4, -0.2) is 72.5 Å². The van der Waals surface area contributed by atoms with Crippen molar-refractivity contribution in [1.82, 2.24) is 20.1 Å². The molecule has 2 atom stereocenters. The third-order valence-electron chi connectivity index (χ3n) is 7.87. The van der Waals surface area contributed by atoms with Crippen LogP contribution < -0.4 is 10.1 Å². The lowest BCUT2D eigenvalue weighted by Gasteiger charge is -2.34. The van der Waals surface area contributed by atoms with E-state index < -0.39 is 0 Å². The number of piperidine rings is 2. The number of methoxy groups -OCH3 is 1. The van der Waals surface area contributed by atoms with Crippen LogP contribution in [0.3, 0.4) is 0 Å². The quantitative estimate of drug-likeness (QED) is 0.573. The number of ether oxygens (including phenoxy) is 1. The molecule has 0 spiro atoms. The number of aromatic nitrogens is 1. The van der Waals surface area contributed by atoms with Crippen LogP contribution in [0.5, 0.6) is 5.75 Å². The molecule has 0 aliphatic carbocycles. The lowest BCUT2D eigenvalue weighted by molar-refractivity contribution is -0.126. The summed E-state index contributed by atoms with van der Waals surface area (Å²) in [5, 5.41) is 4.16. The SMILES string of the molecule is COc1ccc2cc(C(=O)N3CCC([C@@H](C)C(=O)NCCCN4CCCC[C@H]4C)CC3)[nH]c2c1. The van der Waals surface area contributed by atoms with Gasteiger partial charge in [0.15, 0.2) is 0 Å². The Hall–Kier alpha value is -2.54. The molecular formula is C27H40N4O3. The van der Waals surface area contributed by atoms with Crippen LogP contribution in [0.2, 0.25) is 0 Å². The first-order chi connectivity index (χ1) is 16.5. The second-order valence-electron chi connectivity index (χ2n) is 10.1. The van der Waals surface area contributed by atoms with E-state index in [1.807, 2.05) is 36.1 Å². The van der Waals surface area contributed by atoms with E-state index in [0.717, 1.165) is 49.0 Å². The maximum Gasteiger partial charge on any atom is 0.270 e. The highest BCUT2D eigenvalue weighted by Gasteiger charge is 2.30. The zero-order chi connectivity index (χ0) is 24.1. The molecule has 3 heterocycles. The van der Waals surface area contributed by atoms with Crippen LogP contribution in [-0.2, 0) is 4.79 Å². The Morgan fingerprint density at radius 1 is 1.15 bits per heavy atom. The number of benzene rings is 1. The fourth-order valence-electron chi connectivity index (χ4n) is 5.48. The summed E-state index contributed by atoms with van der Waals surface area (Å²) in [4.78, 5) is 33.5. The van der Waals surface area contributed by atoms with E-state index in [9.17, 15) is 9.59 Å². The predicted octanol–water partition coefficient (Wildman–Crippen LogP) is 4.05. The zero-order valence-electron chi connectivity index (χ0n) is 20.9. The molecule has 0 radical (unpaired) electrons. The van der Waals surface area contributed by atoms with Crippen molar-refractivity contribution in [2.24, 2.45) is 11.8 Å². The first-order valence-electron chi connectivity index (χ1n) is 12.9. The molecular weight excluding hydrogens is 428 g/mol. The number of fused-ring (bicyclic) bond motifs is 1. The van der Waals surface area contributed by atoms with Crippen molar-refractivity contribution in [2.75, 3.05) is 39.8 Å². The Labute approximate surface area is 203 Å². The van der Waals surface area contributed by atoms with Gasteiger partial charge >= 0.3 is 0 Å². The molecule has 34 heavy (non-hydrogen) atoms. The van der Waals surface area contributed by atoms with Crippen molar-refractivity contribution in [3.05, 3.63) is 30.0 Å². The molecule has 0 bridgehead atoms. The number of amides is 2. The summed E-state index contributed by atoms with van der Waals surface area (Å²) in [6, 6.07) is 8.34.